The Kier molecular flexibility index (Phi) is 4.74. The minimum Gasteiger partial charge on any atom is -0.463 e. The van der Waals surface area contributed by atoms with Crippen molar-refractivity contribution < 1.29 is 4.42 Å². The van der Waals surface area contributed by atoms with Crippen LogP contribution in [0.2, 0.25) is 0 Å². The Balaban J connectivity index is 2.41. The first-order valence-corrected chi connectivity index (χ1v) is 7.36. The SMILES string of the molecule is CCCC/C(C)=N\n1c(-c2ccco2)csc1=NC. The fraction of sp³-hybridized carbons (Fsp3) is 0.429. The zero-order valence-corrected chi connectivity index (χ0v) is 12.4. The van der Waals surface area contributed by atoms with Gasteiger partial charge < -0.3 is 4.42 Å². The molecule has 19 heavy (non-hydrogen) atoms. The molecule has 0 spiro atoms. The second-order valence-electron chi connectivity index (χ2n) is 4.36. The Labute approximate surface area is 117 Å². The lowest BCUT2D eigenvalue weighted by molar-refractivity contribution is 0.575. The molecule has 0 aliphatic carbocycles. The van der Waals surface area contributed by atoms with Crippen molar-refractivity contribution >= 4 is 17.0 Å². The topological polar surface area (TPSA) is 42.8 Å². The van der Waals surface area contributed by atoms with Gasteiger partial charge in [-0.05, 0) is 31.9 Å². The third-order valence-electron chi connectivity index (χ3n) is 2.81. The van der Waals surface area contributed by atoms with Crippen LogP contribution in [0.4, 0.5) is 0 Å². The molecule has 0 aliphatic rings. The van der Waals surface area contributed by atoms with Gasteiger partial charge in [0.15, 0.2) is 5.76 Å². The van der Waals surface area contributed by atoms with Crippen LogP contribution in [0.5, 0.6) is 0 Å². The highest BCUT2D eigenvalue weighted by Crippen LogP contribution is 2.20. The summed E-state index contributed by atoms with van der Waals surface area (Å²) in [5, 5.41) is 6.70. The van der Waals surface area contributed by atoms with E-state index < -0.39 is 0 Å². The average molecular weight is 277 g/mol. The summed E-state index contributed by atoms with van der Waals surface area (Å²) >= 11 is 1.57. The molecule has 2 heterocycles. The van der Waals surface area contributed by atoms with Crippen LogP contribution in [0.3, 0.4) is 0 Å². The van der Waals surface area contributed by atoms with Crippen molar-refractivity contribution in [1.29, 1.82) is 0 Å². The summed E-state index contributed by atoms with van der Waals surface area (Å²) in [6.45, 7) is 4.25. The molecule has 0 saturated carbocycles. The van der Waals surface area contributed by atoms with Gasteiger partial charge in [-0.15, -0.1) is 11.3 Å². The Morgan fingerprint density at radius 1 is 1.47 bits per heavy atom. The maximum atomic E-state index is 5.46. The van der Waals surface area contributed by atoms with E-state index in [-0.39, 0.29) is 0 Å². The van der Waals surface area contributed by atoms with E-state index in [1.807, 2.05) is 22.2 Å². The van der Waals surface area contributed by atoms with Gasteiger partial charge in [0.05, 0.1) is 6.26 Å². The van der Waals surface area contributed by atoms with E-state index in [0.717, 1.165) is 34.8 Å². The maximum absolute atomic E-state index is 5.46. The molecule has 102 valence electrons. The molecule has 0 fully saturated rings. The van der Waals surface area contributed by atoms with Gasteiger partial charge in [0.2, 0.25) is 4.80 Å². The van der Waals surface area contributed by atoms with E-state index in [9.17, 15) is 0 Å². The molecule has 0 bridgehead atoms. The molecule has 2 rings (SSSR count). The van der Waals surface area contributed by atoms with Gasteiger partial charge in [0.1, 0.15) is 5.69 Å². The number of furan rings is 1. The van der Waals surface area contributed by atoms with Crippen molar-refractivity contribution in [2.45, 2.75) is 33.1 Å². The number of rotatable bonds is 5. The summed E-state index contributed by atoms with van der Waals surface area (Å²) in [4.78, 5) is 5.14. The molecule has 2 aromatic rings. The van der Waals surface area contributed by atoms with Crippen molar-refractivity contribution in [3.05, 3.63) is 28.6 Å². The summed E-state index contributed by atoms with van der Waals surface area (Å²) in [6, 6.07) is 3.82. The van der Waals surface area contributed by atoms with Crippen LogP contribution in [-0.4, -0.2) is 17.4 Å². The van der Waals surface area contributed by atoms with Gasteiger partial charge in [0.25, 0.3) is 0 Å². The van der Waals surface area contributed by atoms with Gasteiger partial charge in [-0.25, -0.2) is 4.68 Å². The first-order valence-electron chi connectivity index (χ1n) is 6.48. The molecule has 2 aromatic heterocycles. The van der Waals surface area contributed by atoms with Gasteiger partial charge in [-0.3, -0.25) is 4.99 Å². The number of nitrogens with zero attached hydrogens (tertiary/aromatic N) is 3. The monoisotopic (exact) mass is 277 g/mol. The predicted molar refractivity (Wildman–Crippen MR) is 79.5 cm³/mol. The van der Waals surface area contributed by atoms with Crippen molar-refractivity contribution in [2.75, 3.05) is 7.05 Å². The van der Waals surface area contributed by atoms with Crippen LogP contribution in [0.15, 0.2) is 38.3 Å². The summed E-state index contributed by atoms with van der Waals surface area (Å²) in [7, 11) is 1.78. The molecular formula is C14H19N3OS. The van der Waals surface area contributed by atoms with Crippen molar-refractivity contribution in [2.24, 2.45) is 10.1 Å². The molecular weight excluding hydrogens is 258 g/mol. The Morgan fingerprint density at radius 3 is 2.95 bits per heavy atom. The fourth-order valence-corrected chi connectivity index (χ4v) is 2.57. The molecule has 0 atom stereocenters. The molecule has 0 amide bonds. The van der Waals surface area contributed by atoms with Gasteiger partial charge in [0, 0.05) is 18.1 Å². The Morgan fingerprint density at radius 2 is 2.32 bits per heavy atom. The van der Waals surface area contributed by atoms with E-state index in [0.29, 0.717) is 0 Å². The highest BCUT2D eigenvalue weighted by molar-refractivity contribution is 7.07. The smallest absolute Gasteiger partial charge is 0.206 e. The van der Waals surface area contributed by atoms with Crippen LogP contribution in [0.1, 0.15) is 33.1 Å². The van der Waals surface area contributed by atoms with Crippen LogP contribution in [-0.2, 0) is 0 Å². The van der Waals surface area contributed by atoms with E-state index in [4.69, 9.17) is 4.42 Å². The summed E-state index contributed by atoms with van der Waals surface area (Å²) in [5.41, 5.74) is 2.06. The molecule has 0 N–H and O–H groups in total. The number of thiazole rings is 1. The lowest BCUT2D eigenvalue weighted by Gasteiger charge is -2.03. The predicted octanol–water partition coefficient (Wildman–Crippen LogP) is 3.75. The van der Waals surface area contributed by atoms with Gasteiger partial charge in [-0.1, -0.05) is 13.3 Å². The molecule has 0 radical (unpaired) electrons. The van der Waals surface area contributed by atoms with Crippen LogP contribution in [0, 0.1) is 0 Å². The quantitative estimate of drug-likeness (QED) is 0.767. The standard InChI is InChI=1S/C14H19N3OS/c1-4-5-7-11(2)16-17-12(10-19-14(17)15-3)13-8-6-9-18-13/h6,8-10H,4-5,7H2,1-3H3/b15-14?,16-11-. The van der Waals surface area contributed by atoms with E-state index >= 15 is 0 Å². The first-order chi connectivity index (χ1) is 9.26. The minimum atomic E-state index is 0.818. The third kappa shape index (κ3) is 3.23. The molecule has 0 aromatic carbocycles. The third-order valence-corrected chi connectivity index (χ3v) is 3.72. The summed E-state index contributed by atoms with van der Waals surface area (Å²) < 4.78 is 7.33. The number of hydrogen-bond acceptors (Lipinski definition) is 4. The van der Waals surface area contributed by atoms with Gasteiger partial charge >= 0.3 is 0 Å². The second kappa shape index (κ2) is 6.52. The van der Waals surface area contributed by atoms with E-state index in [2.05, 4.69) is 23.9 Å². The molecule has 0 unspecified atom stereocenters. The average Bonchev–Trinajstić information content (AvgIpc) is 3.04. The summed E-state index contributed by atoms with van der Waals surface area (Å²) in [5.74, 6) is 0.818. The van der Waals surface area contributed by atoms with Crippen molar-refractivity contribution in [3.8, 4) is 11.5 Å². The zero-order chi connectivity index (χ0) is 13.7. The van der Waals surface area contributed by atoms with Crippen LogP contribution in [0.25, 0.3) is 11.5 Å². The Hall–Kier alpha value is -1.62. The lowest BCUT2D eigenvalue weighted by atomic mass is 10.2. The first kappa shape index (κ1) is 13.8. The number of hydrogen-bond donors (Lipinski definition) is 0. The van der Waals surface area contributed by atoms with E-state index in [1.165, 1.54) is 6.42 Å². The zero-order valence-electron chi connectivity index (χ0n) is 11.6. The number of unbranched alkanes of at least 4 members (excludes halogenated alkanes) is 1. The van der Waals surface area contributed by atoms with Crippen molar-refractivity contribution in [3.63, 3.8) is 0 Å². The normalized spacial score (nSPS) is 13.2. The number of aromatic nitrogens is 1. The molecule has 0 aliphatic heterocycles. The van der Waals surface area contributed by atoms with Crippen LogP contribution >= 0.6 is 11.3 Å². The highest BCUT2D eigenvalue weighted by atomic mass is 32.1. The van der Waals surface area contributed by atoms with Crippen LogP contribution < -0.4 is 4.80 Å². The molecule has 5 heteroatoms. The van der Waals surface area contributed by atoms with Crippen molar-refractivity contribution in [1.82, 2.24) is 4.68 Å². The highest BCUT2D eigenvalue weighted by Gasteiger charge is 2.09. The lowest BCUT2D eigenvalue weighted by Crippen LogP contribution is -2.13. The van der Waals surface area contributed by atoms with E-state index in [1.54, 1.807) is 24.6 Å². The second-order valence-corrected chi connectivity index (χ2v) is 5.19. The Bertz CT molecular complexity index is 605. The minimum absolute atomic E-state index is 0.818. The fourth-order valence-electron chi connectivity index (χ4n) is 1.80. The molecule has 0 saturated heterocycles. The summed E-state index contributed by atoms with van der Waals surface area (Å²) in [6.07, 6.45) is 5.03. The largest absolute Gasteiger partial charge is 0.463 e. The maximum Gasteiger partial charge on any atom is 0.206 e. The van der Waals surface area contributed by atoms with Gasteiger partial charge in [-0.2, -0.15) is 5.10 Å². The molecule has 4 nitrogen and oxygen atoms in total.